The van der Waals surface area contributed by atoms with Crippen molar-refractivity contribution in [3.63, 3.8) is 0 Å². The molecule has 0 unspecified atom stereocenters. The van der Waals surface area contributed by atoms with Crippen LogP contribution in [-0.2, 0) is 24.4 Å². The normalized spacial score (nSPS) is 14.9. The minimum absolute atomic E-state index is 0.0641. The van der Waals surface area contributed by atoms with E-state index < -0.39 is 0 Å². The monoisotopic (exact) mass is 469 g/mol. The molecule has 35 heavy (non-hydrogen) atoms. The molecule has 1 saturated heterocycles. The molecule has 1 N–H and O–H groups in total. The van der Waals surface area contributed by atoms with Crippen molar-refractivity contribution in [3.8, 4) is 0 Å². The molecule has 4 aromatic rings. The Hall–Kier alpha value is -3.44. The molecule has 1 aliphatic heterocycles. The van der Waals surface area contributed by atoms with Gasteiger partial charge < -0.3 is 9.88 Å². The van der Waals surface area contributed by atoms with Gasteiger partial charge in [0.25, 0.3) is 0 Å². The van der Waals surface area contributed by atoms with E-state index in [4.69, 9.17) is 0 Å². The molecule has 0 radical (unpaired) electrons. The largest absolute Gasteiger partial charge is 0.352 e. The topological polar surface area (TPSA) is 37.3 Å². The molecule has 0 bridgehead atoms. The van der Waals surface area contributed by atoms with E-state index in [0.717, 1.165) is 49.1 Å². The van der Waals surface area contributed by atoms with Crippen molar-refractivity contribution in [1.29, 1.82) is 0 Å². The first kappa shape index (κ1) is 23.3. The van der Waals surface area contributed by atoms with Gasteiger partial charge in [-0.15, -0.1) is 0 Å². The number of nitrogens with one attached hydrogen (secondary N) is 1. The Bertz CT molecular complexity index is 1320. The van der Waals surface area contributed by atoms with E-state index in [9.17, 15) is 9.18 Å². The molecule has 0 aliphatic carbocycles. The maximum Gasteiger partial charge on any atom is 0.223 e. The fourth-order valence-electron chi connectivity index (χ4n) is 5.14. The molecule has 0 spiro atoms. The zero-order valence-electron chi connectivity index (χ0n) is 20.2. The highest BCUT2D eigenvalue weighted by molar-refractivity contribution is 5.81. The molecular weight excluding hydrogens is 437 g/mol. The number of fused-ring (bicyclic) bond motifs is 1. The molecule has 0 atom stereocenters. The molecule has 0 saturated carbocycles. The van der Waals surface area contributed by atoms with E-state index in [0.29, 0.717) is 13.1 Å². The molecule has 1 aromatic heterocycles. The third-order valence-electron chi connectivity index (χ3n) is 7.02. The molecule has 3 aromatic carbocycles. The van der Waals surface area contributed by atoms with Gasteiger partial charge in [-0.1, -0.05) is 60.2 Å². The second-order valence-corrected chi connectivity index (χ2v) is 9.67. The second kappa shape index (κ2) is 10.4. The first-order valence-corrected chi connectivity index (χ1v) is 12.4. The summed E-state index contributed by atoms with van der Waals surface area (Å²) in [4.78, 5) is 15.2. The number of amides is 1. The van der Waals surface area contributed by atoms with Crippen LogP contribution < -0.4 is 5.32 Å². The number of aryl methyl sites for hydroxylation is 1. The number of likely N-dealkylation sites (tertiary alicyclic amines) is 1. The van der Waals surface area contributed by atoms with Gasteiger partial charge >= 0.3 is 0 Å². The van der Waals surface area contributed by atoms with Crippen molar-refractivity contribution in [3.05, 3.63) is 107 Å². The van der Waals surface area contributed by atoms with E-state index in [1.54, 1.807) is 12.1 Å². The molecule has 5 heteroatoms. The number of hydrogen-bond acceptors (Lipinski definition) is 2. The summed E-state index contributed by atoms with van der Waals surface area (Å²) in [5.41, 5.74) is 5.69. The fourth-order valence-corrected chi connectivity index (χ4v) is 5.14. The lowest BCUT2D eigenvalue weighted by Gasteiger charge is -2.31. The van der Waals surface area contributed by atoms with Crippen molar-refractivity contribution >= 4 is 16.8 Å². The van der Waals surface area contributed by atoms with Crippen molar-refractivity contribution in [2.75, 3.05) is 13.1 Å². The number of piperidine rings is 1. The van der Waals surface area contributed by atoms with Gasteiger partial charge in [0.1, 0.15) is 5.82 Å². The first-order valence-electron chi connectivity index (χ1n) is 12.4. The van der Waals surface area contributed by atoms with Crippen LogP contribution in [0, 0.1) is 18.7 Å². The highest BCUT2D eigenvalue weighted by Crippen LogP contribution is 2.25. The van der Waals surface area contributed by atoms with Gasteiger partial charge in [0, 0.05) is 36.8 Å². The van der Waals surface area contributed by atoms with Crippen LogP contribution in [0.25, 0.3) is 10.9 Å². The van der Waals surface area contributed by atoms with Gasteiger partial charge in [0.15, 0.2) is 0 Å². The van der Waals surface area contributed by atoms with E-state index in [1.165, 1.54) is 22.7 Å². The van der Waals surface area contributed by atoms with Crippen LogP contribution in [0.5, 0.6) is 0 Å². The third-order valence-corrected chi connectivity index (χ3v) is 7.02. The van der Waals surface area contributed by atoms with Crippen molar-refractivity contribution in [2.45, 2.75) is 39.4 Å². The summed E-state index contributed by atoms with van der Waals surface area (Å²) in [6.45, 7) is 5.90. The molecule has 4 nitrogen and oxygen atoms in total. The summed E-state index contributed by atoms with van der Waals surface area (Å²) in [5, 5.41) is 4.33. The first-order chi connectivity index (χ1) is 17.0. The summed E-state index contributed by atoms with van der Waals surface area (Å²) >= 11 is 0. The number of nitrogens with zero attached hydrogens (tertiary/aromatic N) is 2. The number of hydrogen-bond donors (Lipinski definition) is 1. The number of halogens is 1. The van der Waals surface area contributed by atoms with Gasteiger partial charge in [-0.2, -0.15) is 0 Å². The Balaban J connectivity index is 1.22. The molecule has 1 amide bonds. The molecule has 2 heterocycles. The minimum atomic E-state index is -0.205. The Morgan fingerprint density at radius 1 is 0.914 bits per heavy atom. The van der Waals surface area contributed by atoms with Crippen LogP contribution >= 0.6 is 0 Å². The zero-order valence-corrected chi connectivity index (χ0v) is 20.2. The molecular formula is C30H32FN3O. The van der Waals surface area contributed by atoms with Gasteiger partial charge in [-0.05, 0) is 73.6 Å². The second-order valence-electron chi connectivity index (χ2n) is 9.67. The summed E-state index contributed by atoms with van der Waals surface area (Å²) in [6.07, 6.45) is 1.73. The number of rotatable bonds is 7. The third kappa shape index (κ3) is 5.63. The van der Waals surface area contributed by atoms with E-state index in [2.05, 4.69) is 70.2 Å². The highest BCUT2D eigenvalue weighted by atomic mass is 19.1. The van der Waals surface area contributed by atoms with Crippen LogP contribution in [0.1, 0.15) is 35.2 Å². The lowest BCUT2D eigenvalue weighted by atomic mass is 9.95. The molecule has 1 aliphatic rings. The van der Waals surface area contributed by atoms with Crippen LogP contribution in [0.15, 0.2) is 78.9 Å². The average molecular weight is 470 g/mol. The predicted molar refractivity (Wildman–Crippen MR) is 138 cm³/mol. The van der Waals surface area contributed by atoms with Gasteiger partial charge in [0.2, 0.25) is 5.91 Å². The Morgan fingerprint density at radius 3 is 2.49 bits per heavy atom. The maximum atomic E-state index is 13.8. The van der Waals surface area contributed by atoms with E-state index in [-0.39, 0.29) is 17.6 Å². The number of para-hydroxylation sites is 1. The Kier molecular flexibility index (Phi) is 6.96. The van der Waals surface area contributed by atoms with Gasteiger partial charge in [-0.25, -0.2) is 4.39 Å². The minimum Gasteiger partial charge on any atom is -0.352 e. The summed E-state index contributed by atoms with van der Waals surface area (Å²) in [6, 6.07) is 25.7. The van der Waals surface area contributed by atoms with Crippen LogP contribution in [0.2, 0.25) is 0 Å². The summed E-state index contributed by atoms with van der Waals surface area (Å²) in [5.74, 6) is 0.0174. The lowest BCUT2D eigenvalue weighted by molar-refractivity contribution is -0.126. The number of aromatic nitrogens is 1. The number of carbonyl (C=O) groups excluding carboxylic acids is 1. The molecule has 5 rings (SSSR count). The standard InChI is InChI=1S/C30H32FN3O/c1-22-6-4-7-23(16-22)19-32-30(35)25-12-14-33(15-13-25)21-28-18-26-9-2-3-11-29(26)34(28)20-24-8-5-10-27(31)17-24/h2-11,16-18,25H,12-15,19-21H2,1H3,(H,32,35). The number of carbonyl (C=O) groups is 1. The molecule has 180 valence electrons. The highest BCUT2D eigenvalue weighted by Gasteiger charge is 2.25. The average Bonchev–Trinajstić information content (AvgIpc) is 3.20. The van der Waals surface area contributed by atoms with Gasteiger partial charge in [-0.3, -0.25) is 9.69 Å². The van der Waals surface area contributed by atoms with Crippen molar-refractivity contribution in [2.24, 2.45) is 5.92 Å². The van der Waals surface area contributed by atoms with Crippen molar-refractivity contribution in [1.82, 2.24) is 14.8 Å². The van der Waals surface area contributed by atoms with E-state index >= 15 is 0 Å². The molecule has 1 fully saturated rings. The van der Waals surface area contributed by atoms with Crippen LogP contribution in [0.3, 0.4) is 0 Å². The fraction of sp³-hybridized carbons (Fsp3) is 0.300. The van der Waals surface area contributed by atoms with Crippen LogP contribution in [0.4, 0.5) is 4.39 Å². The smallest absolute Gasteiger partial charge is 0.223 e. The predicted octanol–water partition coefficient (Wildman–Crippen LogP) is 5.67. The number of benzene rings is 3. The summed E-state index contributed by atoms with van der Waals surface area (Å²) < 4.78 is 16.1. The summed E-state index contributed by atoms with van der Waals surface area (Å²) in [7, 11) is 0. The maximum absolute atomic E-state index is 13.8. The van der Waals surface area contributed by atoms with Crippen LogP contribution in [-0.4, -0.2) is 28.5 Å². The Morgan fingerprint density at radius 2 is 1.69 bits per heavy atom. The SMILES string of the molecule is Cc1cccc(CNC(=O)C2CCN(Cc3cc4ccccc4n3Cc3cccc(F)c3)CC2)c1. The lowest BCUT2D eigenvalue weighted by Crippen LogP contribution is -2.40. The zero-order chi connectivity index (χ0) is 24.2. The Labute approximate surface area is 206 Å². The quantitative estimate of drug-likeness (QED) is 0.379. The van der Waals surface area contributed by atoms with E-state index in [1.807, 2.05) is 12.1 Å². The van der Waals surface area contributed by atoms with Gasteiger partial charge in [0.05, 0.1) is 0 Å². The van der Waals surface area contributed by atoms with Crippen molar-refractivity contribution < 1.29 is 9.18 Å².